The number of sulfone groups is 1. The van der Waals surface area contributed by atoms with Gasteiger partial charge in [0, 0.05) is 21.8 Å². The molecule has 0 radical (unpaired) electrons. The minimum absolute atomic E-state index is 0.331. The molecule has 0 aliphatic heterocycles. The van der Waals surface area contributed by atoms with Gasteiger partial charge in [0.1, 0.15) is 4.16 Å². The van der Waals surface area contributed by atoms with Gasteiger partial charge in [0.05, 0.1) is 11.4 Å². The molecule has 1 atom stereocenters. The summed E-state index contributed by atoms with van der Waals surface area (Å²) < 4.78 is 27.1. The highest BCUT2D eigenvalue weighted by molar-refractivity contribution is 9.11. The number of nitrogens with zero attached hydrogens (tertiary/aromatic N) is 1. The molecule has 25 heavy (non-hydrogen) atoms. The van der Waals surface area contributed by atoms with E-state index in [1.165, 1.54) is 0 Å². The number of hydrogen-bond donors (Lipinski definition) is 0. The largest absolute Gasteiger partial charge is 0.338 e. The maximum Gasteiger partial charge on any atom is 0.192 e. The summed E-state index contributed by atoms with van der Waals surface area (Å²) in [6.45, 7) is 0.339. The summed E-state index contributed by atoms with van der Waals surface area (Å²) in [4.78, 5) is 0.331. The van der Waals surface area contributed by atoms with Gasteiger partial charge in [-0.3, -0.25) is 0 Å². The van der Waals surface area contributed by atoms with E-state index in [2.05, 4.69) is 32.6 Å². The van der Waals surface area contributed by atoms with E-state index in [0.29, 0.717) is 11.4 Å². The van der Waals surface area contributed by atoms with Gasteiger partial charge >= 0.3 is 0 Å². The van der Waals surface area contributed by atoms with Crippen molar-refractivity contribution in [3.05, 3.63) is 78.9 Å². The van der Waals surface area contributed by atoms with Gasteiger partial charge in [0.25, 0.3) is 0 Å². The fourth-order valence-electron chi connectivity index (χ4n) is 3.20. The van der Waals surface area contributed by atoms with Crippen molar-refractivity contribution in [3.8, 4) is 0 Å². The summed E-state index contributed by atoms with van der Waals surface area (Å²) in [5.74, 6) is 0. The molecule has 1 heterocycles. The highest BCUT2D eigenvalue weighted by atomic mass is 79.9. The zero-order valence-corrected chi connectivity index (χ0v) is 15.7. The van der Waals surface area contributed by atoms with Gasteiger partial charge in [-0.05, 0) is 24.3 Å². The number of hydrogen-bond acceptors (Lipinski definition) is 2. The standard InChI is InChI=1S/C20H16BrNO2S/c21-20(25(23,24)15-8-2-1-3-9-15)14-22-18-12-6-4-10-16(18)17-11-5-7-13-19(17)22/h1-13,20H,14H2. The van der Waals surface area contributed by atoms with Crippen LogP contribution >= 0.6 is 15.9 Å². The smallest absolute Gasteiger partial charge is 0.192 e. The molecule has 1 unspecified atom stereocenters. The molecule has 0 fully saturated rings. The Morgan fingerprint density at radius 3 is 1.80 bits per heavy atom. The summed E-state index contributed by atoms with van der Waals surface area (Å²) in [6.07, 6.45) is 0. The van der Waals surface area contributed by atoms with Crippen molar-refractivity contribution >= 4 is 47.6 Å². The van der Waals surface area contributed by atoms with Gasteiger partial charge in [-0.1, -0.05) is 70.5 Å². The molecule has 4 aromatic rings. The molecule has 0 spiro atoms. The molecule has 0 bridgehead atoms. The third kappa shape index (κ3) is 2.77. The van der Waals surface area contributed by atoms with Crippen LogP contribution in [-0.4, -0.2) is 17.1 Å². The van der Waals surface area contributed by atoms with E-state index in [1.807, 2.05) is 42.5 Å². The first-order chi connectivity index (χ1) is 12.1. The van der Waals surface area contributed by atoms with Crippen LogP contribution in [0, 0.1) is 0 Å². The molecule has 0 saturated carbocycles. The van der Waals surface area contributed by atoms with Crippen LogP contribution in [0.15, 0.2) is 83.8 Å². The highest BCUT2D eigenvalue weighted by Crippen LogP contribution is 2.31. The van der Waals surface area contributed by atoms with E-state index in [0.717, 1.165) is 21.8 Å². The van der Waals surface area contributed by atoms with Crippen molar-refractivity contribution in [2.45, 2.75) is 15.6 Å². The topological polar surface area (TPSA) is 39.1 Å². The van der Waals surface area contributed by atoms with Crippen molar-refractivity contribution in [1.29, 1.82) is 0 Å². The van der Waals surface area contributed by atoms with Crippen LogP contribution in [0.3, 0.4) is 0 Å². The van der Waals surface area contributed by atoms with Crippen LogP contribution in [0.1, 0.15) is 0 Å². The molecular formula is C20H16BrNO2S. The monoisotopic (exact) mass is 413 g/mol. The predicted octanol–water partition coefficient (Wildman–Crippen LogP) is 4.99. The number of para-hydroxylation sites is 2. The Hall–Kier alpha value is -2.11. The van der Waals surface area contributed by atoms with Crippen molar-refractivity contribution in [1.82, 2.24) is 4.57 Å². The third-order valence-corrected chi connectivity index (χ3v) is 7.93. The van der Waals surface area contributed by atoms with Crippen LogP contribution in [0.2, 0.25) is 0 Å². The van der Waals surface area contributed by atoms with Crippen LogP contribution < -0.4 is 0 Å². The molecule has 0 saturated heterocycles. The Morgan fingerprint density at radius 1 is 0.760 bits per heavy atom. The van der Waals surface area contributed by atoms with E-state index in [9.17, 15) is 8.42 Å². The quantitative estimate of drug-likeness (QED) is 0.442. The molecule has 5 heteroatoms. The molecular weight excluding hydrogens is 398 g/mol. The molecule has 0 aliphatic carbocycles. The first kappa shape index (κ1) is 16.4. The minimum atomic E-state index is -3.46. The lowest BCUT2D eigenvalue weighted by atomic mass is 10.2. The normalized spacial score (nSPS) is 13.3. The molecule has 126 valence electrons. The molecule has 3 nitrogen and oxygen atoms in total. The number of aromatic nitrogens is 1. The molecule has 0 N–H and O–H groups in total. The maximum absolute atomic E-state index is 12.9. The fourth-order valence-corrected chi connectivity index (χ4v) is 5.31. The third-order valence-electron chi connectivity index (χ3n) is 4.41. The number of halogens is 1. The van der Waals surface area contributed by atoms with E-state index < -0.39 is 14.0 Å². The number of benzene rings is 3. The summed E-state index contributed by atoms with van der Waals surface area (Å²) in [6, 6.07) is 24.7. The second kappa shape index (κ2) is 6.32. The van der Waals surface area contributed by atoms with Crippen LogP contribution in [0.5, 0.6) is 0 Å². The lowest BCUT2D eigenvalue weighted by Crippen LogP contribution is -2.21. The summed E-state index contributed by atoms with van der Waals surface area (Å²) in [5, 5.41) is 2.27. The highest BCUT2D eigenvalue weighted by Gasteiger charge is 2.26. The Morgan fingerprint density at radius 2 is 1.24 bits per heavy atom. The van der Waals surface area contributed by atoms with Crippen molar-refractivity contribution in [3.63, 3.8) is 0 Å². The lowest BCUT2D eigenvalue weighted by Gasteiger charge is -2.14. The summed E-state index contributed by atoms with van der Waals surface area (Å²) >= 11 is 3.42. The molecule has 0 aliphatic rings. The Kier molecular flexibility index (Phi) is 4.13. The van der Waals surface area contributed by atoms with E-state index in [4.69, 9.17) is 0 Å². The molecule has 4 rings (SSSR count). The number of rotatable bonds is 4. The fraction of sp³-hybridized carbons (Fsp3) is 0.100. The summed E-state index contributed by atoms with van der Waals surface area (Å²) in [5.41, 5.74) is 2.08. The Bertz CT molecular complexity index is 1100. The SMILES string of the molecule is O=S(=O)(c1ccccc1)C(Br)Cn1c2ccccc2c2ccccc21. The van der Waals surface area contributed by atoms with Gasteiger partial charge in [-0.25, -0.2) is 8.42 Å². The van der Waals surface area contributed by atoms with Crippen LogP contribution in [0.25, 0.3) is 21.8 Å². The molecule has 1 aromatic heterocycles. The molecule has 0 amide bonds. The Labute approximate surface area is 154 Å². The van der Waals surface area contributed by atoms with Gasteiger partial charge in [0.15, 0.2) is 9.84 Å². The van der Waals surface area contributed by atoms with E-state index in [-0.39, 0.29) is 0 Å². The summed E-state index contributed by atoms with van der Waals surface area (Å²) in [7, 11) is -3.46. The average Bonchev–Trinajstić information content (AvgIpc) is 2.97. The van der Waals surface area contributed by atoms with E-state index >= 15 is 0 Å². The zero-order chi connectivity index (χ0) is 17.4. The number of fused-ring (bicyclic) bond motifs is 3. The maximum atomic E-state index is 12.9. The van der Waals surface area contributed by atoms with Crippen molar-refractivity contribution < 1.29 is 8.42 Å². The first-order valence-electron chi connectivity index (χ1n) is 7.98. The lowest BCUT2D eigenvalue weighted by molar-refractivity contribution is 0.587. The van der Waals surface area contributed by atoms with Gasteiger partial charge in [-0.15, -0.1) is 0 Å². The van der Waals surface area contributed by atoms with Gasteiger partial charge in [-0.2, -0.15) is 0 Å². The van der Waals surface area contributed by atoms with Gasteiger partial charge < -0.3 is 4.57 Å². The van der Waals surface area contributed by atoms with E-state index in [1.54, 1.807) is 24.3 Å². The van der Waals surface area contributed by atoms with Gasteiger partial charge in [0.2, 0.25) is 0 Å². The van der Waals surface area contributed by atoms with Crippen LogP contribution in [0.4, 0.5) is 0 Å². The second-order valence-electron chi connectivity index (χ2n) is 5.91. The Balaban J connectivity index is 1.83. The minimum Gasteiger partial charge on any atom is -0.338 e. The molecule has 3 aromatic carbocycles. The predicted molar refractivity (Wildman–Crippen MR) is 106 cm³/mol. The van der Waals surface area contributed by atoms with Crippen molar-refractivity contribution in [2.75, 3.05) is 0 Å². The van der Waals surface area contributed by atoms with Crippen molar-refractivity contribution in [2.24, 2.45) is 0 Å². The first-order valence-corrected chi connectivity index (χ1v) is 10.4. The number of alkyl halides is 1. The second-order valence-corrected chi connectivity index (χ2v) is 9.75. The zero-order valence-electron chi connectivity index (χ0n) is 13.3. The van der Waals surface area contributed by atoms with Crippen LogP contribution in [-0.2, 0) is 16.4 Å². The average molecular weight is 414 g/mol.